The molecule has 0 aliphatic heterocycles. The van der Waals surface area contributed by atoms with Gasteiger partial charge in [-0.25, -0.2) is 14.8 Å². The van der Waals surface area contributed by atoms with E-state index in [1.54, 1.807) is 11.8 Å². The van der Waals surface area contributed by atoms with Gasteiger partial charge in [-0.05, 0) is 30.6 Å². The molecule has 0 amide bonds. The number of hydrogen-bond donors (Lipinski definition) is 2. The minimum absolute atomic E-state index is 0. The van der Waals surface area contributed by atoms with Gasteiger partial charge in [0.05, 0.1) is 0 Å². The van der Waals surface area contributed by atoms with E-state index < -0.39 is 12.0 Å². The summed E-state index contributed by atoms with van der Waals surface area (Å²) in [6, 6.07) is 16.5. The third-order valence-corrected chi connectivity index (χ3v) is 5.12. The number of carbonyl (C=O) groups is 1. The van der Waals surface area contributed by atoms with Gasteiger partial charge in [0.1, 0.15) is 17.1 Å². The van der Waals surface area contributed by atoms with Crippen molar-refractivity contribution in [2.24, 2.45) is 0 Å². The van der Waals surface area contributed by atoms with Crippen LogP contribution in [0, 0.1) is 0 Å². The monoisotopic (exact) mass is 429 g/mol. The van der Waals surface area contributed by atoms with Crippen LogP contribution in [-0.2, 0) is 4.79 Å². The Morgan fingerprint density at radius 1 is 1.14 bits per heavy atom. The van der Waals surface area contributed by atoms with Crippen LogP contribution in [0.1, 0.15) is 6.42 Å². The van der Waals surface area contributed by atoms with Gasteiger partial charge < -0.3 is 14.8 Å². The molecule has 29 heavy (non-hydrogen) atoms. The van der Waals surface area contributed by atoms with Gasteiger partial charge in [-0.2, -0.15) is 11.8 Å². The fraction of sp³-hybridized carbons (Fsp3) is 0.190. The Labute approximate surface area is 178 Å². The van der Waals surface area contributed by atoms with Crippen molar-refractivity contribution in [1.29, 1.82) is 0 Å². The van der Waals surface area contributed by atoms with Crippen LogP contribution < -0.4 is 5.32 Å². The molecule has 0 bridgehead atoms. The predicted octanol–water partition coefficient (Wildman–Crippen LogP) is 5.08. The Balaban J connectivity index is 0.00000240. The van der Waals surface area contributed by atoms with Crippen molar-refractivity contribution in [2.75, 3.05) is 17.3 Å². The SMILES string of the molecule is CSCC[C@@H](Nc1nc(-c2ccccc2)nc2c1oc1ccccc12)C(=O)O.Cl. The summed E-state index contributed by atoms with van der Waals surface area (Å²) < 4.78 is 5.97. The Kier molecular flexibility index (Phi) is 6.61. The molecule has 150 valence electrons. The summed E-state index contributed by atoms with van der Waals surface area (Å²) in [4.78, 5) is 21.0. The van der Waals surface area contributed by atoms with Gasteiger partial charge in [-0.1, -0.05) is 42.5 Å². The first-order chi connectivity index (χ1) is 13.7. The van der Waals surface area contributed by atoms with Gasteiger partial charge in [0.15, 0.2) is 17.2 Å². The van der Waals surface area contributed by atoms with Gasteiger partial charge in [-0.15, -0.1) is 12.4 Å². The number of benzene rings is 2. The molecule has 0 saturated carbocycles. The summed E-state index contributed by atoms with van der Waals surface area (Å²) in [5.41, 5.74) is 2.68. The third-order valence-electron chi connectivity index (χ3n) is 4.47. The molecule has 0 aliphatic rings. The maximum absolute atomic E-state index is 11.7. The molecule has 0 unspecified atom stereocenters. The van der Waals surface area contributed by atoms with E-state index in [0.717, 1.165) is 16.7 Å². The number of para-hydroxylation sites is 1. The number of aromatic nitrogens is 2. The lowest BCUT2D eigenvalue weighted by molar-refractivity contribution is -0.137. The number of anilines is 1. The summed E-state index contributed by atoms with van der Waals surface area (Å²) >= 11 is 1.61. The normalized spacial score (nSPS) is 11.9. The topological polar surface area (TPSA) is 88.3 Å². The van der Waals surface area contributed by atoms with E-state index in [1.165, 1.54) is 0 Å². The van der Waals surface area contributed by atoms with E-state index in [0.29, 0.717) is 34.7 Å². The molecule has 0 fully saturated rings. The summed E-state index contributed by atoms with van der Waals surface area (Å²) in [5, 5.41) is 13.6. The molecule has 2 aromatic heterocycles. The number of furan rings is 1. The van der Waals surface area contributed by atoms with Gasteiger partial charge in [-0.3, -0.25) is 0 Å². The maximum atomic E-state index is 11.7. The van der Waals surface area contributed by atoms with Gasteiger partial charge >= 0.3 is 5.97 Å². The van der Waals surface area contributed by atoms with Crippen LogP contribution in [0.4, 0.5) is 5.82 Å². The number of aliphatic carboxylic acids is 1. The lowest BCUT2D eigenvalue weighted by atomic mass is 10.2. The number of carboxylic acids is 1. The standard InChI is InChI=1S/C21H19N3O3S.ClH/c1-28-12-11-15(21(25)26)22-20-18-17(14-9-5-6-10-16(14)27-18)23-19(24-20)13-7-3-2-4-8-13;/h2-10,15H,11-12H2,1H3,(H,25,26)(H,22,23,24);1H/t15-;/m1./s1. The van der Waals surface area contributed by atoms with Gasteiger partial charge in [0.25, 0.3) is 0 Å². The average molecular weight is 430 g/mol. The number of halogens is 1. The number of thioether (sulfide) groups is 1. The zero-order valence-corrected chi connectivity index (χ0v) is 17.3. The zero-order chi connectivity index (χ0) is 19.5. The van der Waals surface area contributed by atoms with Crippen molar-refractivity contribution in [3.05, 3.63) is 54.6 Å². The molecule has 1 atom stereocenters. The smallest absolute Gasteiger partial charge is 0.326 e. The van der Waals surface area contributed by atoms with E-state index in [1.807, 2.05) is 60.9 Å². The molecule has 0 saturated heterocycles. The summed E-state index contributed by atoms with van der Waals surface area (Å²) in [6.45, 7) is 0. The van der Waals surface area contributed by atoms with Crippen LogP contribution in [-0.4, -0.2) is 39.1 Å². The molecular formula is C21H20ClN3O3S. The fourth-order valence-corrected chi connectivity index (χ4v) is 3.53. The van der Waals surface area contributed by atoms with E-state index in [2.05, 4.69) is 10.3 Å². The Bertz CT molecular complexity index is 1130. The highest BCUT2D eigenvalue weighted by Gasteiger charge is 2.22. The Hall–Kier alpha value is -2.77. The Morgan fingerprint density at radius 3 is 2.59 bits per heavy atom. The quantitative estimate of drug-likeness (QED) is 0.423. The van der Waals surface area contributed by atoms with Crippen molar-refractivity contribution >= 4 is 58.0 Å². The number of nitrogens with zero attached hydrogens (tertiary/aromatic N) is 2. The first-order valence-electron chi connectivity index (χ1n) is 8.90. The zero-order valence-electron chi connectivity index (χ0n) is 15.7. The van der Waals surface area contributed by atoms with Crippen LogP contribution in [0.3, 0.4) is 0 Å². The summed E-state index contributed by atoms with van der Waals surface area (Å²) in [5.74, 6) is 0.729. The van der Waals surface area contributed by atoms with E-state index in [4.69, 9.17) is 9.40 Å². The first-order valence-corrected chi connectivity index (χ1v) is 10.3. The molecule has 8 heteroatoms. The second kappa shape index (κ2) is 9.15. The highest BCUT2D eigenvalue weighted by atomic mass is 35.5. The van der Waals surface area contributed by atoms with Crippen molar-refractivity contribution < 1.29 is 14.3 Å². The van der Waals surface area contributed by atoms with Crippen LogP contribution in [0.25, 0.3) is 33.5 Å². The second-order valence-electron chi connectivity index (χ2n) is 6.35. The van der Waals surface area contributed by atoms with Gasteiger partial charge in [0, 0.05) is 10.9 Å². The first kappa shape index (κ1) is 21.0. The molecule has 0 radical (unpaired) electrons. The second-order valence-corrected chi connectivity index (χ2v) is 7.34. The Morgan fingerprint density at radius 2 is 1.86 bits per heavy atom. The highest BCUT2D eigenvalue weighted by molar-refractivity contribution is 7.98. The molecule has 0 spiro atoms. The van der Waals surface area contributed by atoms with E-state index in [-0.39, 0.29) is 12.4 Å². The number of nitrogens with one attached hydrogen (secondary N) is 1. The van der Waals surface area contributed by atoms with Crippen LogP contribution >= 0.6 is 24.2 Å². The molecular weight excluding hydrogens is 410 g/mol. The maximum Gasteiger partial charge on any atom is 0.326 e. The molecule has 2 aromatic carbocycles. The summed E-state index contributed by atoms with van der Waals surface area (Å²) in [6.07, 6.45) is 2.43. The minimum Gasteiger partial charge on any atom is -0.480 e. The lowest BCUT2D eigenvalue weighted by Crippen LogP contribution is -2.30. The molecule has 4 rings (SSSR count). The lowest BCUT2D eigenvalue weighted by Gasteiger charge is -2.15. The number of carboxylic acid groups (broad SMARTS) is 1. The van der Waals surface area contributed by atoms with Crippen LogP contribution in [0.15, 0.2) is 59.0 Å². The number of hydrogen-bond acceptors (Lipinski definition) is 6. The van der Waals surface area contributed by atoms with E-state index >= 15 is 0 Å². The van der Waals surface area contributed by atoms with E-state index in [9.17, 15) is 9.90 Å². The van der Waals surface area contributed by atoms with Crippen molar-refractivity contribution in [3.63, 3.8) is 0 Å². The number of rotatable bonds is 7. The van der Waals surface area contributed by atoms with Crippen LogP contribution in [0.2, 0.25) is 0 Å². The molecule has 6 nitrogen and oxygen atoms in total. The highest BCUT2D eigenvalue weighted by Crippen LogP contribution is 2.33. The van der Waals surface area contributed by atoms with Crippen molar-refractivity contribution in [1.82, 2.24) is 9.97 Å². The van der Waals surface area contributed by atoms with Gasteiger partial charge in [0.2, 0.25) is 0 Å². The molecule has 2 heterocycles. The van der Waals surface area contributed by atoms with Crippen molar-refractivity contribution in [2.45, 2.75) is 12.5 Å². The molecule has 4 aromatic rings. The minimum atomic E-state index is -0.918. The third kappa shape index (κ3) is 4.31. The largest absolute Gasteiger partial charge is 0.480 e. The fourth-order valence-electron chi connectivity index (χ4n) is 3.06. The van der Waals surface area contributed by atoms with Crippen molar-refractivity contribution in [3.8, 4) is 11.4 Å². The molecule has 2 N–H and O–H groups in total. The summed E-state index contributed by atoms with van der Waals surface area (Å²) in [7, 11) is 0. The molecule has 0 aliphatic carbocycles. The average Bonchev–Trinajstić information content (AvgIpc) is 3.10. The predicted molar refractivity (Wildman–Crippen MR) is 120 cm³/mol. The number of fused-ring (bicyclic) bond motifs is 3. The van der Waals surface area contributed by atoms with Crippen LogP contribution in [0.5, 0.6) is 0 Å².